The van der Waals surface area contributed by atoms with E-state index < -0.39 is 18.7 Å². The van der Waals surface area contributed by atoms with Gasteiger partial charge in [0, 0.05) is 43.2 Å². The Kier molecular flexibility index (Phi) is 20.5. The van der Waals surface area contributed by atoms with E-state index in [0.717, 1.165) is 69.1 Å². The largest absolute Gasteiger partial charge is 0.461 e. The third-order valence-electron chi connectivity index (χ3n) is 12.8. The van der Waals surface area contributed by atoms with E-state index in [1.165, 1.54) is 52.6 Å². The van der Waals surface area contributed by atoms with E-state index in [1.807, 2.05) is 43.3 Å². The Labute approximate surface area is 385 Å². The van der Waals surface area contributed by atoms with Crippen LogP contribution in [0.15, 0.2) is 108 Å². The first-order chi connectivity index (χ1) is 31.0. The maximum atomic E-state index is 10.6. The number of hydrogen-bond donors (Lipinski definition) is 2. The van der Waals surface area contributed by atoms with Crippen LogP contribution in [0.5, 0.6) is 5.75 Å². The number of aliphatic hydroxyl groups excluding tert-OH is 2. The summed E-state index contributed by atoms with van der Waals surface area (Å²) in [6.45, 7) is 15.0. The molecule has 8 nitrogen and oxygen atoms in total. The molecule has 0 aromatic heterocycles. The molecule has 64 heavy (non-hydrogen) atoms. The molecule has 0 bridgehead atoms. The third-order valence-corrected chi connectivity index (χ3v) is 12.8. The summed E-state index contributed by atoms with van der Waals surface area (Å²) < 4.78 is 35.3. The average Bonchev–Trinajstić information content (AvgIpc) is 3.49. The first-order valence-corrected chi connectivity index (χ1v) is 24.4. The molecule has 350 valence electrons. The molecular formula is C56H80NO7+. The molecule has 0 spiro atoms. The molecule has 2 aliphatic heterocycles. The number of hydrogen-bond acceptors (Lipinski definition) is 7. The Morgan fingerprint density at radius 3 is 2.39 bits per heavy atom. The molecular weight excluding hydrogens is 799 g/mol. The number of allylic oxidation sites excluding steroid dienone is 7. The molecule has 0 radical (unpaired) electrons. The molecule has 2 aliphatic rings. The molecule has 2 heterocycles. The number of methoxy groups -OCH3 is 1. The SMILES string of the molecule is CC/C=C\C=C(/CO)C(OC)OC(CCCCCCC)CCC1CC(CC(C)O)OC(c2ccccc2O/C(CC)=C(\C=C\C2=[N+](C)c3ccc4ccccc4c3C2(C)C)CCC)O1. The lowest BCUT2D eigenvalue weighted by atomic mass is 9.79. The van der Waals surface area contributed by atoms with E-state index in [9.17, 15) is 10.2 Å². The van der Waals surface area contributed by atoms with Gasteiger partial charge in [0.2, 0.25) is 5.69 Å². The fourth-order valence-corrected chi connectivity index (χ4v) is 9.51. The number of rotatable bonds is 26. The van der Waals surface area contributed by atoms with E-state index in [1.54, 1.807) is 7.11 Å². The molecule has 3 aromatic rings. The van der Waals surface area contributed by atoms with Crippen molar-refractivity contribution in [2.45, 2.75) is 181 Å². The molecule has 2 N–H and O–H groups in total. The monoisotopic (exact) mass is 879 g/mol. The van der Waals surface area contributed by atoms with Crippen molar-refractivity contribution in [3.05, 3.63) is 119 Å². The van der Waals surface area contributed by atoms with Crippen LogP contribution in [-0.2, 0) is 24.4 Å². The van der Waals surface area contributed by atoms with Crippen molar-refractivity contribution in [1.29, 1.82) is 0 Å². The van der Waals surface area contributed by atoms with Crippen molar-refractivity contribution < 1.29 is 38.5 Å². The third kappa shape index (κ3) is 13.6. The Morgan fingerprint density at radius 2 is 1.67 bits per heavy atom. The predicted molar refractivity (Wildman–Crippen MR) is 263 cm³/mol. The minimum absolute atomic E-state index is 0.0871. The number of aliphatic hydroxyl groups is 2. The molecule has 5 rings (SSSR count). The topological polar surface area (TPSA) is 89.6 Å². The quantitative estimate of drug-likeness (QED) is 0.0273. The van der Waals surface area contributed by atoms with Crippen molar-refractivity contribution in [3.8, 4) is 5.75 Å². The van der Waals surface area contributed by atoms with Crippen LogP contribution in [0.1, 0.15) is 156 Å². The van der Waals surface area contributed by atoms with E-state index in [2.05, 4.69) is 108 Å². The van der Waals surface area contributed by atoms with E-state index in [0.29, 0.717) is 24.2 Å². The molecule has 0 saturated carbocycles. The second-order valence-corrected chi connectivity index (χ2v) is 18.3. The van der Waals surface area contributed by atoms with E-state index in [4.69, 9.17) is 23.7 Å². The van der Waals surface area contributed by atoms with Gasteiger partial charge in [-0.05, 0) is 93.9 Å². The summed E-state index contributed by atoms with van der Waals surface area (Å²) in [6, 6.07) is 21.2. The van der Waals surface area contributed by atoms with Crippen LogP contribution in [0.4, 0.5) is 5.69 Å². The van der Waals surface area contributed by atoms with Gasteiger partial charge in [0.05, 0.1) is 42.0 Å². The first kappa shape index (κ1) is 51.1. The van der Waals surface area contributed by atoms with Crippen LogP contribution < -0.4 is 4.74 Å². The fraction of sp³-hybridized carbons (Fsp3) is 0.554. The average molecular weight is 879 g/mol. The number of nitrogens with zero attached hydrogens (tertiary/aromatic N) is 1. The summed E-state index contributed by atoms with van der Waals surface area (Å²) in [7, 11) is 3.81. The smallest absolute Gasteiger partial charge is 0.210 e. The van der Waals surface area contributed by atoms with Crippen molar-refractivity contribution in [3.63, 3.8) is 0 Å². The van der Waals surface area contributed by atoms with Crippen molar-refractivity contribution in [1.82, 2.24) is 0 Å². The Morgan fingerprint density at radius 1 is 0.922 bits per heavy atom. The predicted octanol–water partition coefficient (Wildman–Crippen LogP) is 13.3. The van der Waals surface area contributed by atoms with Crippen LogP contribution in [0, 0.1) is 0 Å². The highest BCUT2D eigenvalue weighted by atomic mass is 16.7. The molecule has 3 aromatic carbocycles. The highest BCUT2D eigenvalue weighted by Crippen LogP contribution is 2.44. The molecule has 6 unspecified atom stereocenters. The van der Waals surface area contributed by atoms with Gasteiger partial charge in [0.1, 0.15) is 18.6 Å². The van der Waals surface area contributed by atoms with Gasteiger partial charge >= 0.3 is 0 Å². The van der Waals surface area contributed by atoms with Crippen LogP contribution in [0.3, 0.4) is 0 Å². The summed E-state index contributed by atoms with van der Waals surface area (Å²) in [4.78, 5) is 0. The van der Waals surface area contributed by atoms with E-state index >= 15 is 0 Å². The van der Waals surface area contributed by atoms with Crippen LogP contribution in [0.25, 0.3) is 10.8 Å². The van der Waals surface area contributed by atoms with Crippen LogP contribution >= 0.6 is 0 Å². The number of unbranched alkanes of at least 4 members (excludes halogenated alkanes) is 4. The van der Waals surface area contributed by atoms with Gasteiger partial charge in [0.15, 0.2) is 18.3 Å². The zero-order chi connectivity index (χ0) is 46.1. The summed E-state index contributed by atoms with van der Waals surface area (Å²) in [6.07, 6.45) is 21.1. The highest BCUT2D eigenvalue weighted by molar-refractivity contribution is 6.07. The Hall–Kier alpha value is -3.89. The van der Waals surface area contributed by atoms with Gasteiger partial charge in [-0.15, -0.1) is 0 Å². The van der Waals surface area contributed by atoms with Crippen molar-refractivity contribution >= 4 is 22.2 Å². The van der Waals surface area contributed by atoms with E-state index in [-0.39, 0.29) is 30.3 Å². The maximum Gasteiger partial charge on any atom is 0.210 e. The number of ether oxygens (including phenoxy) is 5. The molecule has 0 aliphatic carbocycles. The lowest BCUT2D eigenvalue weighted by Gasteiger charge is -2.37. The first-order valence-electron chi connectivity index (χ1n) is 24.4. The Bertz CT molecular complexity index is 2080. The maximum absolute atomic E-state index is 10.6. The van der Waals surface area contributed by atoms with Gasteiger partial charge in [-0.1, -0.05) is 127 Å². The van der Waals surface area contributed by atoms with Crippen LogP contribution in [-0.4, -0.2) is 72.0 Å². The molecule has 0 amide bonds. The minimum atomic E-state index is -0.673. The van der Waals surface area contributed by atoms with Crippen molar-refractivity contribution in [2.24, 2.45) is 0 Å². The zero-order valence-corrected chi connectivity index (χ0v) is 40.6. The lowest BCUT2D eigenvalue weighted by molar-refractivity contribution is -0.401. The lowest BCUT2D eigenvalue weighted by Crippen LogP contribution is -2.36. The van der Waals surface area contributed by atoms with Gasteiger partial charge in [-0.2, -0.15) is 4.58 Å². The second-order valence-electron chi connectivity index (χ2n) is 18.3. The number of benzene rings is 3. The normalized spacial score (nSPS) is 20.9. The summed E-state index contributed by atoms with van der Waals surface area (Å²) in [5.74, 6) is 1.64. The standard InChI is InChI=1S/C56H80NO7/c1-10-14-16-17-19-27-44(61-54(60-9)43(39-58)26-18-15-11-2)33-34-45-38-46(37-40(5)59)63-55(62-45)48-29-22-23-30-51(48)64-50(13-4)42(24-12-3)32-36-52-56(6,7)53-47-28-21-20-25-41(47)31-35-49(53)57(52)8/h15,18,20-23,25-26,28-32,35-36,40,44-46,54-55,58-59H,10-14,16-17,19,24,27,33-34,37-39H2,1-9H3/q+1/b18-15-,36-32+,43-26+,50-42-. The van der Waals surface area contributed by atoms with Gasteiger partial charge in [0.25, 0.3) is 0 Å². The van der Waals surface area contributed by atoms with Gasteiger partial charge in [-0.25, -0.2) is 0 Å². The Balaban J connectivity index is 1.39. The number of para-hydroxylation sites is 1. The molecule has 6 atom stereocenters. The summed E-state index contributed by atoms with van der Waals surface area (Å²) in [5.41, 5.74) is 6.38. The fourth-order valence-electron chi connectivity index (χ4n) is 9.51. The summed E-state index contributed by atoms with van der Waals surface area (Å²) in [5, 5.41) is 23.4. The summed E-state index contributed by atoms with van der Waals surface area (Å²) >= 11 is 0. The van der Waals surface area contributed by atoms with Gasteiger partial charge < -0.3 is 33.9 Å². The second kappa shape index (κ2) is 25.7. The van der Waals surface area contributed by atoms with Gasteiger partial charge in [-0.3, -0.25) is 0 Å². The molecule has 8 heteroatoms. The number of fused-ring (bicyclic) bond motifs is 3. The van der Waals surface area contributed by atoms with Crippen LogP contribution in [0.2, 0.25) is 0 Å². The molecule has 1 fully saturated rings. The minimum Gasteiger partial charge on any atom is -0.461 e. The highest BCUT2D eigenvalue weighted by Gasteiger charge is 2.44. The zero-order valence-electron chi connectivity index (χ0n) is 40.6. The molecule has 1 saturated heterocycles. The van der Waals surface area contributed by atoms with Crippen molar-refractivity contribution in [2.75, 3.05) is 20.8 Å².